The van der Waals surface area contributed by atoms with E-state index in [1.54, 1.807) is 7.11 Å². The quantitative estimate of drug-likeness (QED) is 0.871. The number of hydrogen-bond donors (Lipinski definition) is 1. The second kappa shape index (κ2) is 5.86. The van der Waals surface area contributed by atoms with Crippen LogP contribution < -0.4 is 10.1 Å². The molecule has 2 aromatic rings. The van der Waals surface area contributed by atoms with E-state index in [9.17, 15) is 4.79 Å². The van der Waals surface area contributed by atoms with E-state index in [4.69, 9.17) is 9.15 Å². The van der Waals surface area contributed by atoms with Crippen LogP contribution >= 0.6 is 0 Å². The molecule has 1 N–H and O–H groups in total. The molecule has 0 aliphatic rings. The van der Waals surface area contributed by atoms with Gasteiger partial charge in [-0.3, -0.25) is 4.79 Å². The number of ether oxygens (including phenoxy) is 1. The maximum absolute atomic E-state index is 11.5. The summed E-state index contributed by atoms with van der Waals surface area (Å²) in [6.45, 7) is 0.554. The van der Waals surface area contributed by atoms with Crippen molar-refractivity contribution in [2.75, 3.05) is 13.7 Å². The molecule has 1 amide bonds. The van der Waals surface area contributed by atoms with E-state index in [-0.39, 0.29) is 5.91 Å². The lowest BCUT2D eigenvalue weighted by Crippen LogP contribution is -2.25. The highest BCUT2D eigenvalue weighted by molar-refractivity contribution is 5.91. The van der Waals surface area contributed by atoms with Crippen LogP contribution in [0.4, 0.5) is 0 Å². The zero-order chi connectivity index (χ0) is 12.8. The molecule has 0 atom stereocenters. The maximum atomic E-state index is 11.5. The molecule has 1 aromatic heterocycles. The van der Waals surface area contributed by atoms with E-state index in [0.717, 1.165) is 17.7 Å². The van der Waals surface area contributed by atoms with E-state index in [1.165, 1.54) is 12.7 Å². The van der Waals surface area contributed by atoms with Crippen LogP contribution in [0.25, 0.3) is 0 Å². The predicted molar refractivity (Wildman–Crippen MR) is 65.5 cm³/mol. The van der Waals surface area contributed by atoms with Crippen LogP contribution in [0.2, 0.25) is 0 Å². The Bertz CT molecular complexity index is 491. The number of hydrogen-bond acceptors (Lipinski definition) is 4. The standard InChI is InChI=1S/C13H14N2O3/c1-17-11-4-2-10(3-5-11)6-7-14-13(16)12-8-18-9-15-12/h2-5,8-9H,6-7H2,1H3,(H,14,16). The monoisotopic (exact) mass is 246 g/mol. The molecule has 0 unspecified atom stereocenters. The molecule has 2 rings (SSSR count). The fourth-order valence-corrected chi connectivity index (χ4v) is 1.53. The maximum Gasteiger partial charge on any atom is 0.273 e. The summed E-state index contributed by atoms with van der Waals surface area (Å²) < 4.78 is 9.81. The van der Waals surface area contributed by atoms with Crippen molar-refractivity contribution in [2.24, 2.45) is 0 Å². The van der Waals surface area contributed by atoms with E-state index in [1.807, 2.05) is 24.3 Å². The average Bonchev–Trinajstić information content (AvgIpc) is 2.93. The Morgan fingerprint density at radius 2 is 2.17 bits per heavy atom. The Morgan fingerprint density at radius 1 is 1.39 bits per heavy atom. The Balaban J connectivity index is 1.79. The van der Waals surface area contributed by atoms with Gasteiger partial charge in [-0.1, -0.05) is 12.1 Å². The summed E-state index contributed by atoms with van der Waals surface area (Å²) in [5.74, 6) is 0.600. The van der Waals surface area contributed by atoms with E-state index in [2.05, 4.69) is 10.3 Å². The third-order valence-electron chi connectivity index (χ3n) is 2.52. The lowest BCUT2D eigenvalue weighted by atomic mass is 10.1. The first kappa shape index (κ1) is 12.2. The zero-order valence-corrected chi connectivity index (χ0v) is 10.1. The molecule has 0 aliphatic carbocycles. The van der Waals surface area contributed by atoms with Crippen LogP contribution in [0, 0.1) is 0 Å². The smallest absolute Gasteiger partial charge is 0.273 e. The highest BCUT2D eigenvalue weighted by Crippen LogP contribution is 2.11. The lowest BCUT2D eigenvalue weighted by molar-refractivity contribution is 0.0949. The first-order valence-electron chi connectivity index (χ1n) is 5.59. The summed E-state index contributed by atoms with van der Waals surface area (Å²) in [7, 11) is 1.63. The molecule has 0 fully saturated rings. The van der Waals surface area contributed by atoms with Crippen LogP contribution in [0.1, 0.15) is 16.1 Å². The summed E-state index contributed by atoms with van der Waals surface area (Å²) in [6.07, 6.45) is 3.31. The summed E-state index contributed by atoms with van der Waals surface area (Å²) in [4.78, 5) is 15.3. The lowest BCUT2D eigenvalue weighted by Gasteiger charge is -2.04. The molecular weight excluding hydrogens is 232 g/mol. The van der Waals surface area contributed by atoms with E-state index >= 15 is 0 Å². The van der Waals surface area contributed by atoms with Crippen molar-refractivity contribution in [3.05, 3.63) is 48.2 Å². The van der Waals surface area contributed by atoms with E-state index < -0.39 is 0 Å². The number of nitrogens with one attached hydrogen (secondary N) is 1. The average molecular weight is 246 g/mol. The van der Waals surface area contributed by atoms with Gasteiger partial charge in [0, 0.05) is 6.54 Å². The number of rotatable bonds is 5. The molecule has 0 saturated heterocycles. The SMILES string of the molecule is COc1ccc(CCNC(=O)c2cocn2)cc1. The fraction of sp³-hybridized carbons (Fsp3) is 0.231. The van der Waals surface area contributed by atoms with Crippen molar-refractivity contribution in [3.8, 4) is 5.75 Å². The number of benzene rings is 1. The number of carbonyl (C=O) groups is 1. The minimum absolute atomic E-state index is 0.225. The van der Waals surface area contributed by atoms with Crippen LogP contribution in [-0.2, 0) is 6.42 Å². The molecule has 0 saturated carbocycles. The van der Waals surface area contributed by atoms with Gasteiger partial charge in [-0.05, 0) is 24.1 Å². The Labute approximate surface area is 105 Å². The molecule has 0 bridgehead atoms. The molecule has 0 radical (unpaired) electrons. The summed E-state index contributed by atoms with van der Waals surface area (Å²) in [5.41, 5.74) is 1.43. The molecule has 0 spiro atoms. The third kappa shape index (κ3) is 3.10. The highest BCUT2D eigenvalue weighted by atomic mass is 16.5. The highest BCUT2D eigenvalue weighted by Gasteiger charge is 2.07. The number of aromatic nitrogens is 1. The molecule has 0 aliphatic heterocycles. The minimum atomic E-state index is -0.225. The van der Waals surface area contributed by atoms with Gasteiger partial charge in [0.15, 0.2) is 12.1 Å². The van der Waals surface area contributed by atoms with Gasteiger partial charge in [-0.2, -0.15) is 0 Å². The second-order valence-corrected chi connectivity index (χ2v) is 3.73. The first-order valence-corrected chi connectivity index (χ1v) is 5.59. The van der Waals surface area contributed by atoms with Crippen LogP contribution in [0.5, 0.6) is 5.75 Å². The van der Waals surface area contributed by atoms with Gasteiger partial charge in [-0.15, -0.1) is 0 Å². The molecule has 18 heavy (non-hydrogen) atoms. The minimum Gasteiger partial charge on any atom is -0.497 e. The molecule has 1 heterocycles. The predicted octanol–water partition coefficient (Wildman–Crippen LogP) is 1.66. The number of carbonyl (C=O) groups excluding carboxylic acids is 1. The van der Waals surface area contributed by atoms with Gasteiger partial charge in [0.25, 0.3) is 5.91 Å². The van der Waals surface area contributed by atoms with Gasteiger partial charge in [0.05, 0.1) is 7.11 Å². The fourth-order valence-electron chi connectivity index (χ4n) is 1.53. The zero-order valence-electron chi connectivity index (χ0n) is 10.1. The third-order valence-corrected chi connectivity index (χ3v) is 2.52. The Morgan fingerprint density at radius 3 is 2.78 bits per heavy atom. The molecule has 5 nitrogen and oxygen atoms in total. The van der Waals surface area contributed by atoms with E-state index in [0.29, 0.717) is 12.2 Å². The van der Waals surface area contributed by atoms with Crippen molar-refractivity contribution in [3.63, 3.8) is 0 Å². The van der Waals surface area contributed by atoms with Crippen LogP contribution in [0.15, 0.2) is 41.3 Å². The first-order chi connectivity index (χ1) is 8.79. The molecule has 94 valence electrons. The van der Waals surface area contributed by atoms with Gasteiger partial charge in [0.1, 0.15) is 12.0 Å². The van der Waals surface area contributed by atoms with Gasteiger partial charge in [0.2, 0.25) is 0 Å². The normalized spacial score (nSPS) is 10.1. The number of oxazole rings is 1. The largest absolute Gasteiger partial charge is 0.497 e. The van der Waals surface area contributed by atoms with Crippen LogP contribution in [-0.4, -0.2) is 24.5 Å². The van der Waals surface area contributed by atoms with Gasteiger partial charge < -0.3 is 14.5 Å². The number of methoxy groups -OCH3 is 1. The molecular formula is C13H14N2O3. The van der Waals surface area contributed by atoms with Crippen molar-refractivity contribution < 1.29 is 13.9 Å². The van der Waals surface area contributed by atoms with Crippen molar-refractivity contribution in [2.45, 2.75) is 6.42 Å². The Kier molecular flexibility index (Phi) is 3.96. The summed E-state index contributed by atoms with van der Waals surface area (Å²) >= 11 is 0. The van der Waals surface area contributed by atoms with Crippen molar-refractivity contribution in [1.82, 2.24) is 10.3 Å². The summed E-state index contributed by atoms with van der Waals surface area (Å²) in [6, 6.07) is 7.74. The summed E-state index contributed by atoms with van der Waals surface area (Å²) in [5, 5.41) is 2.77. The van der Waals surface area contributed by atoms with Gasteiger partial charge >= 0.3 is 0 Å². The Hall–Kier alpha value is -2.30. The topological polar surface area (TPSA) is 64.4 Å². The van der Waals surface area contributed by atoms with Crippen LogP contribution in [0.3, 0.4) is 0 Å². The van der Waals surface area contributed by atoms with Crippen molar-refractivity contribution >= 4 is 5.91 Å². The number of amides is 1. The van der Waals surface area contributed by atoms with Crippen molar-refractivity contribution in [1.29, 1.82) is 0 Å². The molecule has 1 aromatic carbocycles. The molecule has 5 heteroatoms. The van der Waals surface area contributed by atoms with Gasteiger partial charge in [-0.25, -0.2) is 4.98 Å². The second-order valence-electron chi connectivity index (χ2n) is 3.73. The number of nitrogens with zero attached hydrogens (tertiary/aromatic N) is 1.